The Morgan fingerprint density at radius 1 is 1.53 bits per heavy atom. The summed E-state index contributed by atoms with van der Waals surface area (Å²) < 4.78 is 0. The standard InChI is InChI=1S/C12H16N2OS2/c15-12(14-9-1-3-13-6-9)11-5-8-7-16-4-2-10(8)17-11/h5,9,13H,1-4,6-7H2,(H,14,15)/t9-/m1/s1. The summed E-state index contributed by atoms with van der Waals surface area (Å²) >= 11 is 3.64. The van der Waals surface area contributed by atoms with Crippen LogP contribution in [0.4, 0.5) is 0 Å². The molecule has 0 radical (unpaired) electrons. The molecule has 0 saturated carbocycles. The quantitative estimate of drug-likeness (QED) is 0.856. The third kappa shape index (κ3) is 2.51. The number of thioether (sulfide) groups is 1. The molecule has 92 valence electrons. The molecule has 1 fully saturated rings. The number of fused-ring (bicyclic) bond motifs is 1. The molecule has 3 heterocycles. The molecule has 1 atom stereocenters. The summed E-state index contributed by atoms with van der Waals surface area (Å²) in [5.41, 5.74) is 1.38. The molecule has 1 saturated heterocycles. The van der Waals surface area contributed by atoms with Crippen LogP contribution in [0.2, 0.25) is 0 Å². The third-order valence-corrected chi connectivity index (χ3v) is 5.49. The molecule has 0 aliphatic carbocycles. The lowest BCUT2D eigenvalue weighted by Gasteiger charge is -2.09. The van der Waals surface area contributed by atoms with E-state index in [9.17, 15) is 4.79 Å². The van der Waals surface area contributed by atoms with Crippen molar-refractivity contribution in [3.05, 3.63) is 21.4 Å². The second kappa shape index (κ2) is 5.00. The Morgan fingerprint density at radius 2 is 2.47 bits per heavy atom. The molecule has 2 aliphatic heterocycles. The van der Waals surface area contributed by atoms with Crippen molar-refractivity contribution in [3.8, 4) is 0 Å². The van der Waals surface area contributed by atoms with Crippen molar-refractivity contribution >= 4 is 29.0 Å². The topological polar surface area (TPSA) is 41.1 Å². The van der Waals surface area contributed by atoms with E-state index in [2.05, 4.69) is 16.7 Å². The minimum Gasteiger partial charge on any atom is -0.347 e. The Morgan fingerprint density at radius 3 is 3.24 bits per heavy atom. The van der Waals surface area contributed by atoms with Crippen LogP contribution in [0.3, 0.4) is 0 Å². The van der Waals surface area contributed by atoms with Gasteiger partial charge in [-0.3, -0.25) is 4.79 Å². The molecule has 0 spiro atoms. The van der Waals surface area contributed by atoms with E-state index >= 15 is 0 Å². The minimum absolute atomic E-state index is 0.114. The molecule has 0 unspecified atom stereocenters. The van der Waals surface area contributed by atoms with Gasteiger partial charge in [0.05, 0.1) is 4.88 Å². The van der Waals surface area contributed by atoms with E-state index in [4.69, 9.17) is 0 Å². The second-order valence-corrected chi connectivity index (χ2v) is 6.77. The number of nitrogens with one attached hydrogen (secondary N) is 2. The van der Waals surface area contributed by atoms with Gasteiger partial charge in [-0.15, -0.1) is 11.3 Å². The molecule has 5 heteroatoms. The van der Waals surface area contributed by atoms with Crippen molar-refractivity contribution < 1.29 is 4.79 Å². The Hall–Kier alpha value is -0.520. The monoisotopic (exact) mass is 268 g/mol. The van der Waals surface area contributed by atoms with Gasteiger partial charge >= 0.3 is 0 Å². The van der Waals surface area contributed by atoms with Crippen molar-refractivity contribution in [1.29, 1.82) is 0 Å². The van der Waals surface area contributed by atoms with E-state index in [1.54, 1.807) is 11.3 Å². The summed E-state index contributed by atoms with van der Waals surface area (Å²) in [6, 6.07) is 2.40. The summed E-state index contributed by atoms with van der Waals surface area (Å²) in [4.78, 5) is 14.4. The van der Waals surface area contributed by atoms with Gasteiger partial charge in [-0.05, 0) is 36.8 Å². The van der Waals surface area contributed by atoms with Crippen LogP contribution in [0.1, 0.15) is 26.5 Å². The fourth-order valence-electron chi connectivity index (χ4n) is 2.29. The predicted octanol–water partition coefficient (Wildman–Crippen LogP) is 1.63. The van der Waals surface area contributed by atoms with Gasteiger partial charge in [0.15, 0.2) is 0 Å². The van der Waals surface area contributed by atoms with E-state index < -0.39 is 0 Å². The highest BCUT2D eigenvalue weighted by atomic mass is 32.2. The normalized spacial score (nSPS) is 23.4. The Balaban J connectivity index is 1.70. The number of carbonyl (C=O) groups excluding carboxylic acids is 1. The number of thiophene rings is 1. The van der Waals surface area contributed by atoms with Gasteiger partial charge in [0.2, 0.25) is 0 Å². The smallest absolute Gasteiger partial charge is 0.261 e. The van der Waals surface area contributed by atoms with E-state index in [0.717, 1.165) is 36.6 Å². The first-order valence-electron chi connectivity index (χ1n) is 6.04. The largest absolute Gasteiger partial charge is 0.347 e. The highest BCUT2D eigenvalue weighted by Gasteiger charge is 2.21. The summed E-state index contributed by atoms with van der Waals surface area (Å²) in [5, 5.41) is 6.37. The first-order valence-corrected chi connectivity index (χ1v) is 8.01. The average molecular weight is 268 g/mol. The van der Waals surface area contributed by atoms with Crippen LogP contribution in [0.15, 0.2) is 6.07 Å². The van der Waals surface area contributed by atoms with Gasteiger partial charge in [0.25, 0.3) is 5.91 Å². The summed E-state index contributed by atoms with van der Waals surface area (Å²) in [7, 11) is 0. The maximum absolute atomic E-state index is 12.1. The zero-order chi connectivity index (χ0) is 11.7. The molecule has 2 N–H and O–H groups in total. The van der Waals surface area contributed by atoms with Crippen LogP contribution in [0.5, 0.6) is 0 Å². The lowest BCUT2D eigenvalue weighted by atomic mass is 10.2. The number of hydrogen-bond acceptors (Lipinski definition) is 4. The number of aryl methyl sites for hydroxylation is 1. The summed E-state index contributed by atoms with van der Waals surface area (Å²) in [5.74, 6) is 2.38. The van der Waals surface area contributed by atoms with Crippen molar-refractivity contribution in [1.82, 2.24) is 10.6 Å². The lowest BCUT2D eigenvalue weighted by Crippen LogP contribution is -2.35. The molecule has 3 nitrogen and oxygen atoms in total. The SMILES string of the molecule is O=C(N[C@@H]1CCNC1)c1cc2c(s1)CCSC2. The fraction of sp³-hybridized carbons (Fsp3) is 0.583. The van der Waals surface area contributed by atoms with E-state index in [1.165, 1.54) is 16.2 Å². The molecular weight excluding hydrogens is 252 g/mol. The highest BCUT2D eigenvalue weighted by Crippen LogP contribution is 2.31. The van der Waals surface area contributed by atoms with Crippen molar-refractivity contribution in [2.45, 2.75) is 24.6 Å². The van der Waals surface area contributed by atoms with Gasteiger partial charge in [0.1, 0.15) is 0 Å². The highest BCUT2D eigenvalue weighted by molar-refractivity contribution is 7.98. The van der Waals surface area contributed by atoms with Gasteiger partial charge in [-0.1, -0.05) is 0 Å². The van der Waals surface area contributed by atoms with Crippen LogP contribution < -0.4 is 10.6 Å². The van der Waals surface area contributed by atoms with E-state index in [1.807, 2.05) is 11.8 Å². The van der Waals surface area contributed by atoms with Crippen molar-refractivity contribution in [2.24, 2.45) is 0 Å². The Kier molecular flexibility index (Phi) is 3.40. The van der Waals surface area contributed by atoms with Crippen LogP contribution in [0, 0.1) is 0 Å². The van der Waals surface area contributed by atoms with E-state index in [-0.39, 0.29) is 5.91 Å². The van der Waals surface area contributed by atoms with Crippen LogP contribution in [0.25, 0.3) is 0 Å². The molecule has 17 heavy (non-hydrogen) atoms. The average Bonchev–Trinajstić information content (AvgIpc) is 2.96. The maximum Gasteiger partial charge on any atom is 0.261 e. The summed E-state index contributed by atoms with van der Waals surface area (Å²) in [6.45, 7) is 1.93. The van der Waals surface area contributed by atoms with Crippen LogP contribution in [-0.2, 0) is 12.2 Å². The van der Waals surface area contributed by atoms with Crippen LogP contribution in [-0.4, -0.2) is 30.8 Å². The van der Waals surface area contributed by atoms with E-state index in [0.29, 0.717) is 6.04 Å². The lowest BCUT2D eigenvalue weighted by molar-refractivity contribution is 0.0944. The number of hydrogen-bond donors (Lipinski definition) is 2. The maximum atomic E-state index is 12.1. The zero-order valence-corrected chi connectivity index (χ0v) is 11.3. The Bertz CT molecular complexity index is 401. The molecule has 0 bridgehead atoms. The number of amides is 1. The van der Waals surface area contributed by atoms with Gasteiger partial charge in [-0.2, -0.15) is 11.8 Å². The molecule has 1 amide bonds. The first kappa shape index (κ1) is 11.6. The fourth-order valence-corrected chi connectivity index (χ4v) is 4.57. The summed E-state index contributed by atoms with van der Waals surface area (Å²) in [6.07, 6.45) is 2.18. The molecule has 2 aliphatic rings. The second-order valence-electron chi connectivity index (χ2n) is 4.52. The van der Waals surface area contributed by atoms with Gasteiger partial charge in [0, 0.05) is 23.2 Å². The van der Waals surface area contributed by atoms with Gasteiger partial charge < -0.3 is 10.6 Å². The molecule has 3 rings (SSSR count). The molecule has 1 aromatic rings. The molecular formula is C12H16N2OS2. The number of rotatable bonds is 2. The van der Waals surface area contributed by atoms with Crippen LogP contribution >= 0.6 is 23.1 Å². The Labute approximate surface area is 109 Å². The number of carbonyl (C=O) groups is 1. The predicted molar refractivity (Wildman–Crippen MR) is 72.9 cm³/mol. The minimum atomic E-state index is 0.114. The molecule has 1 aromatic heterocycles. The third-order valence-electron chi connectivity index (χ3n) is 3.25. The van der Waals surface area contributed by atoms with Gasteiger partial charge in [-0.25, -0.2) is 0 Å². The van der Waals surface area contributed by atoms with Crippen molar-refractivity contribution in [2.75, 3.05) is 18.8 Å². The zero-order valence-electron chi connectivity index (χ0n) is 9.62. The molecule has 0 aromatic carbocycles. The first-order chi connectivity index (χ1) is 8.33. The van der Waals surface area contributed by atoms with Crippen molar-refractivity contribution in [3.63, 3.8) is 0 Å².